The summed E-state index contributed by atoms with van der Waals surface area (Å²) in [5, 5.41) is 2.55. The van der Waals surface area contributed by atoms with E-state index in [2.05, 4.69) is 5.32 Å². The first kappa shape index (κ1) is 11.4. The summed E-state index contributed by atoms with van der Waals surface area (Å²) in [5.41, 5.74) is 0. The van der Waals surface area contributed by atoms with Crippen LogP contribution in [0.3, 0.4) is 0 Å². The van der Waals surface area contributed by atoms with Crippen molar-refractivity contribution in [2.24, 2.45) is 11.8 Å². The summed E-state index contributed by atoms with van der Waals surface area (Å²) in [6.45, 7) is 7.89. The van der Waals surface area contributed by atoms with Gasteiger partial charge in [-0.15, -0.1) is 0 Å². The summed E-state index contributed by atoms with van der Waals surface area (Å²) in [7, 11) is 0. The number of alkyl halides is 1. The number of rotatable bonds is 4. The Morgan fingerprint density at radius 1 is 1.33 bits per heavy atom. The Bertz CT molecular complexity index is 145. The van der Waals surface area contributed by atoms with Gasteiger partial charge in [0.1, 0.15) is 0 Å². The molecular weight excluding hydrogens is 157 g/mol. The molecule has 0 aliphatic heterocycles. The van der Waals surface area contributed by atoms with E-state index in [-0.39, 0.29) is 5.92 Å². The summed E-state index contributed by atoms with van der Waals surface area (Å²) < 4.78 is 13.0. The summed E-state index contributed by atoms with van der Waals surface area (Å²) in [5.74, 6) is -0.357. The van der Waals surface area contributed by atoms with E-state index in [1.165, 1.54) is 0 Å². The van der Waals surface area contributed by atoms with E-state index >= 15 is 0 Å². The molecule has 3 heteroatoms. The highest BCUT2D eigenvalue weighted by atomic mass is 19.1. The van der Waals surface area contributed by atoms with Crippen molar-refractivity contribution in [2.75, 3.05) is 6.54 Å². The second-order valence-electron chi connectivity index (χ2n) is 3.78. The first-order valence-corrected chi connectivity index (χ1v) is 4.37. The molecule has 2 nitrogen and oxygen atoms in total. The third-order valence-electron chi connectivity index (χ3n) is 1.52. The Balaban J connectivity index is 3.72. The summed E-state index contributed by atoms with van der Waals surface area (Å²) >= 11 is 0. The molecule has 0 bridgehead atoms. The minimum absolute atomic E-state index is 0.239. The van der Waals surface area contributed by atoms with E-state index in [0.29, 0.717) is 12.5 Å². The lowest BCUT2D eigenvalue weighted by molar-refractivity contribution is -0.127. The van der Waals surface area contributed by atoms with Gasteiger partial charge in [-0.05, 0) is 11.8 Å². The van der Waals surface area contributed by atoms with Crippen LogP contribution in [0.15, 0.2) is 0 Å². The Morgan fingerprint density at radius 3 is 2.17 bits per heavy atom. The van der Waals surface area contributed by atoms with E-state index in [0.717, 1.165) is 0 Å². The van der Waals surface area contributed by atoms with E-state index in [4.69, 9.17) is 0 Å². The highest BCUT2D eigenvalue weighted by molar-refractivity contribution is 5.80. The van der Waals surface area contributed by atoms with Gasteiger partial charge >= 0.3 is 0 Å². The summed E-state index contributed by atoms with van der Waals surface area (Å²) in [6.07, 6.45) is -1.37. The van der Waals surface area contributed by atoms with Gasteiger partial charge in [0.15, 0.2) is 6.17 Å². The van der Waals surface area contributed by atoms with Crippen LogP contribution in [0.5, 0.6) is 0 Å². The van der Waals surface area contributed by atoms with Gasteiger partial charge in [0, 0.05) is 6.54 Å². The van der Waals surface area contributed by atoms with E-state index in [1.807, 2.05) is 13.8 Å². The quantitative estimate of drug-likeness (QED) is 0.693. The minimum Gasteiger partial charge on any atom is -0.353 e. The van der Waals surface area contributed by atoms with Gasteiger partial charge in [-0.1, -0.05) is 27.7 Å². The van der Waals surface area contributed by atoms with Gasteiger partial charge in [0.2, 0.25) is 0 Å². The molecule has 0 aromatic rings. The molecule has 1 amide bonds. The Hall–Kier alpha value is -0.600. The summed E-state index contributed by atoms with van der Waals surface area (Å²) in [6, 6.07) is 0. The monoisotopic (exact) mass is 175 g/mol. The highest BCUT2D eigenvalue weighted by Gasteiger charge is 2.20. The second-order valence-corrected chi connectivity index (χ2v) is 3.78. The average molecular weight is 175 g/mol. The Labute approximate surface area is 73.5 Å². The maximum Gasteiger partial charge on any atom is 0.254 e. The fraction of sp³-hybridized carbons (Fsp3) is 0.889. The Kier molecular flexibility index (Phi) is 4.86. The van der Waals surface area contributed by atoms with Crippen molar-refractivity contribution in [1.82, 2.24) is 5.32 Å². The lowest BCUT2D eigenvalue weighted by Gasteiger charge is -2.13. The molecule has 0 aliphatic carbocycles. The van der Waals surface area contributed by atoms with Crippen LogP contribution in [-0.4, -0.2) is 18.6 Å². The van der Waals surface area contributed by atoms with Crippen molar-refractivity contribution in [2.45, 2.75) is 33.9 Å². The van der Waals surface area contributed by atoms with Crippen LogP contribution in [-0.2, 0) is 4.79 Å². The van der Waals surface area contributed by atoms with E-state index in [9.17, 15) is 9.18 Å². The fourth-order valence-electron chi connectivity index (χ4n) is 0.705. The molecule has 1 unspecified atom stereocenters. The minimum atomic E-state index is -1.37. The lowest BCUT2D eigenvalue weighted by atomic mass is 10.1. The summed E-state index contributed by atoms with van der Waals surface area (Å²) in [4.78, 5) is 11.0. The van der Waals surface area contributed by atoms with Crippen molar-refractivity contribution < 1.29 is 9.18 Å². The van der Waals surface area contributed by atoms with Crippen LogP contribution in [0.4, 0.5) is 4.39 Å². The molecule has 0 aliphatic rings. The normalized spacial score (nSPS) is 13.6. The molecular formula is C9H18FNO. The highest BCUT2D eigenvalue weighted by Crippen LogP contribution is 2.05. The molecule has 0 aromatic carbocycles. The number of carbonyl (C=O) groups is 1. The molecule has 0 radical (unpaired) electrons. The van der Waals surface area contributed by atoms with E-state index < -0.39 is 12.1 Å². The number of halogens is 1. The van der Waals surface area contributed by atoms with Crippen LogP contribution >= 0.6 is 0 Å². The van der Waals surface area contributed by atoms with Crippen LogP contribution in [0.2, 0.25) is 0 Å². The standard InChI is InChI=1S/C9H18FNO/c1-6(2)5-11-9(12)8(10)7(3)4/h6-8H,5H2,1-4H3,(H,11,12). The molecule has 12 heavy (non-hydrogen) atoms. The van der Waals surface area contributed by atoms with Gasteiger partial charge < -0.3 is 5.32 Å². The molecule has 1 N–H and O–H groups in total. The zero-order valence-electron chi connectivity index (χ0n) is 8.23. The number of amides is 1. The first-order chi connectivity index (χ1) is 5.45. The van der Waals surface area contributed by atoms with Crippen molar-refractivity contribution in [3.8, 4) is 0 Å². The SMILES string of the molecule is CC(C)CNC(=O)C(F)C(C)C. The second kappa shape index (κ2) is 5.12. The van der Waals surface area contributed by atoms with Crippen molar-refractivity contribution in [1.29, 1.82) is 0 Å². The van der Waals surface area contributed by atoms with Crippen molar-refractivity contribution >= 4 is 5.91 Å². The maximum absolute atomic E-state index is 13.0. The van der Waals surface area contributed by atoms with Gasteiger partial charge in [-0.2, -0.15) is 0 Å². The van der Waals surface area contributed by atoms with E-state index in [1.54, 1.807) is 13.8 Å². The first-order valence-electron chi connectivity index (χ1n) is 4.37. The zero-order valence-corrected chi connectivity index (χ0v) is 8.23. The number of hydrogen-bond donors (Lipinski definition) is 1. The molecule has 0 heterocycles. The molecule has 0 saturated carbocycles. The van der Waals surface area contributed by atoms with Crippen molar-refractivity contribution in [3.63, 3.8) is 0 Å². The van der Waals surface area contributed by atoms with Gasteiger partial charge in [-0.3, -0.25) is 4.79 Å². The largest absolute Gasteiger partial charge is 0.353 e. The third-order valence-corrected chi connectivity index (χ3v) is 1.52. The fourth-order valence-corrected chi connectivity index (χ4v) is 0.705. The average Bonchev–Trinajstić information content (AvgIpc) is 1.98. The molecule has 0 fully saturated rings. The lowest BCUT2D eigenvalue weighted by Crippen LogP contribution is -2.36. The van der Waals surface area contributed by atoms with Crippen LogP contribution < -0.4 is 5.32 Å². The molecule has 1 atom stereocenters. The maximum atomic E-state index is 13.0. The molecule has 0 spiro atoms. The Morgan fingerprint density at radius 2 is 1.83 bits per heavy atom. The van der Waals surface area contributed by atoms with Gasteiger partial charge in [0.25, 0.3) is 5.91 Å². The zero-order chi connectivity index (χ0) is 9.72. The third kappa shape index (κ3) is 4.31. The number of hydrogen-bond acceptors (Lipinski definition) is 1. The predicted octanol–water partition coefficient (Wildman–Crippen LogP) is 1.75. The van der Waals surface area contributed by atoms with Crippen molar-refractivity contribution in [3.05, 3.63) is 0 Å². The van der Waals surface area contributed by atoms with Crippen LogP contribution in [0.1, 0.15) is 27.7 Å². The molecule has 0 saturated heterocycles. The number of nitrogens with one attached hydrogen (secondary N) is 1. The van der Waals surface area contributed by atoms with Crippen LogP contribution in [0, 0.1) is 11.8 Å². The molecule has 72 valence electrons. The molecule has 0 aromatic heterocycles. The van der Waals surface area contributed by atoms with Gasteiger partial charge in [-0.25, -0.2) is 4.39 Å². The molecule has 0 rings (SSSR count). The van der Waals surface area contributed by atoms with Gasteiger partial charge in [0.05, 0.1) is 0 Å². The smallest absolute Gasteiger partial charge is 0.254 e. The van der Waals surface area contributed by atoms with Crippen LogP contribution in [0.25, 0.3) is 0 Å². The topological polar surface area (TPSA) is 29.1 Å². The number of carbonyl (C=O) groups excluding carboxylic acids is 1. The predicted molar refractivity (Wildman–Crippen MR) is 47.6 cm³/mol.